The van der Waals surface area contributed by atoms with Crippen LogP contribution in [-0.2, 0) is 17.8 Å². The molecule has 0 spiro atoms. The molecule has 1 N–H and O–H groups in total. The van der Waals surface area contributed by atoms with Crippen LogP contribution in [0.1, 0.15) is 22.6 Å². The van der Waals surface area contributed by atoms with Crippen LogP contribution in [0.4, 0.5) is 0 Å². The maximum absolute atomic E-state index is 11.7. The number of rotatable bonds is 4. The zero-order valence-corrected chi connectivity index (χ0v) is 10.6. The van der Waals surface area contributed by atoms with Gasteiger partial charge < -0.3 is 9.84 Å². The van der Waals surface area contributed by atoms with Crippen LogP contribution >= 0.6 is 0 Å². The van der Waals surface area contributed by atoms with Crippen LogP contribution in [0, 0.1) is 13.8 Å². The quantitative estimate of drug-likeness (QED) is 0.896. The van der Waals surface area contributed by atoms with Crippen molar-refractivity contribution in [3.05, 3.63) is 52.9 Å². The molecular weight excluding hydrogens is 228 g/mol. The maximum atomic E-state index is 11.7. The predicted octanol–water partition coefficient (Wildman–Crippen LogP) is 2.15. The Bertz CT molecular complexity index is 529. The third-order valence-corrected chi connectivity index (χ3v) is 2.63. The second-order valence-corrected chi connectivity index (χ2v) is 4.37. The minimum atomic E-state index is -0.0520. The lowest BCUT2D eigenvalue weighted by Crippen LogP contribution is -2.24. The lowest BCUT2D eigenvalue weighted by atomic mass is 10.1. The van der Waals surface area contributed by atoms with E-state index < -0.39 is 0 Å². The van der Waals surface area contributed by atoms with Gasteiger partial charge in [-0.15, -0.1) is 0 Å². The monoisotopic (exact) mass is 244 g/mol. The third-order valence-electron chi connectivity index (χ3n) is 2.63. The van der Waals surface area contributed by atoms with Crippen LogP contribution in [0.25, 0.3) is 0 Å². The molecule has 0 aliphatic carbocycles. The molecular formula is C14H16N2O2. The summed E-state index contributed by atoms with van der Waals surface area (Å²) in [5, 5.41) is 6.64. The van der Waals surface area contributed by atoms with E-state index in [1.807, 2.05) is 31.2 Å². The molecule has 0 saturated carbocycles. The van der Waals surface area contributed by atoms with E-state index in [-0.39, 0.29) is 12.3 Å². The molecule has 1 aromatic heterocycles. The van der Waals surface area contributed by atoms with Gasteiger partial charge in [0.05, 0.1) is 12.1 Å². The van der Waals surface area contributed by atoms with Gasteiger partial charge in [-0.25, -0.2) is 0 Å². The number of hydrogen-bond donors (Lipinski definition) is 1. The fraction of sp³-hybridized carbons (Fsp3) is 0.286. The van der Waals surface area contributed by atoms with Crippen LogP contribution < -0.4 is 5.32 Å². The fourth-order valence-electron chi connectivity index (χ4n) is 1.63. The minimum Gasteiger partial charge on any atom is -0.361 e. The van der Waals surface area contributed by atoms with E-state index in [0.717, 1.165) is 11.3 Å². The molecule has 18 heavy (non-hydrogen) atoms. The normalized spacial score (nSPS) is 10.3. The van der Waals surface area contributed by atoms with Gasteiger partial charge in [0, 0.05) is 12.6 Å². The Morgan fingerprint density at radius 2 is 2.00 bits per heavy atom. The van der Waals surface area contributed by atoms with Gasteiger partial charge in [0.15, 0.2) is 0 Å². The first-order valence-corrected chi connectivity index (χ1v) is 5.88. The molecule has 4 heteroatoms. The van der Waals surface area contributed by atoms with E-state index in [1.165, 1.54) is 5.56 Å². The van der Waals surface area contributed by atoms with Crippen LogP contribution in [0.5, 0.6) is 0 Å². The maximum Gasteiger partial charge on any atom is 0.226 e. The highest BCUT2D eigenvalue weighted by Crippen LogP contribution is 2.04. The summed E-state index contributed by atoms with van der Waals surface area (Å²) in [6.45, 7) is 4.38. The van der Waals surface area contributed by atoms with E-state index >= 15 is 0 Å². The Hall–Kier alpha value is -2.10. The summed E-state index contributed by atoms with van der Waals surface area (Å²) in [5.41, 5.74) is 2.96. The molecule has 1 heterocycles. The molecule has 2 rings (SSSR count). The van der Waals surface area contributed by atoms with Crippen molar-refractivity contribution in [1.82, 2.24) is 10.5 Å². The zero-order chi connectivity index (χ0) is 13.0. The van der Waals surface area contributed by atoms with Gasteiger partial charge in [0.1, 0.15) is 5.76 Å². The van der Waals surface area contributed by atoms with Crippen LogP contribution in [0.3, 0.4) is 0 Å². The first-order valence-electron chi connectivity index (χ1n) is 5.88. The molecule has 0 aliphatic rings. The Morgan fingerprint density at radius 3 is 2.61 bits per heavy atom. The number of nitrogens with zero attached hydrogens (tertiary/aromatic N) is 1. The average molecular weight is 244 g/mol. The van der Waals surface area contributed by atoms with E-state index in [9.17, 15) is 4.79 Å². The smallest absolute Gasteiger partial charge is 0.226 e. The Morgan fingerprint density at radius 1 is 1.28 bits per heavy atom. The fourth-order valence-corrected chi connectivity index (χ4v) is 1.63. The van der Waals surface area contributed by atoms with Crippen molar-refractivity contribution in [3.8, 4) is 0 Å². The van der Waals surface area contributed by atoms with Gasteiger partial charge >= 0.3 is 0 Å². The summed E-state index contributed by atoms with van der Waals surface area (Å²) in [7, 11) is 0. The summed E-state index contributed by atoms with van der Waals surface area (Å²) >= 11 is 0. The molecule has 2 aromatic rings. The topological polar surface area (TPSA) is 55.1 Å². The van der Waals surface area contributed by atoms with Crippen molar-refractivity contribution in [1.29, 1.82) is 0 Å². The first kappa shape index (κ1) is 12.4. The number of amides is 1. The highest BCUT2D eigenvalue weighted by Gasteiger charge is 2.07. The van der Waals surface area contributed by atoms with E-state index in [1.54, 1.807) is 13.0 Å². The molecule has 4 nitrogen and oxygen atoms in total. The van der Waals surface area contributed by atoms with Crippen LogP contribution in [-0.4, -0.2) is 11.1 Å². The largest absolute Gasteiger partial charge is 0.361 e. The standard InChI is InChI=1S/C14H16N2O2/c1-10-3-5-12(6-4-10)9-15-14(17)8-13-7-11(2)18-16-13/h3-7H,8-9H2,1-2H3,(H,15,17). The molecule has 1 amide bonds. The Labute approximate surface area is 106 Å². The van der Waals surface area contributed by atoms with Crippen molar-refractivity contribution < 1.29 is 9.32 Å². The molecule has 0 bridgehead atoms. The number of hydrogen-bond acceptors (Lipinski definition) is 3. The predicted molar refractivity (Wildman–Crippen MR) is 68.0 cm³/mol. The van der Waals surface area contributed by atoms with Gasteiger partial charge in [0.2, 0.25) is 5.91 Å². The Balaban J connectivity index is 1.83. The van der Waals surface area contributed by atoms with Crippen LogP contribution in [0.2, 0.25) is 0 Å². The van der Waals surface area contributed by atoms with Gasteiger partial charge in [0.25, 0.3) is 0 Å². The van der Waals surface area contributed by atoms with Crippen molar-refractivity contribution in [2.75, 3.05) is 0 Å². The second kappa shape index (κ2) is 5.49. The van der Waals surface area contributed by atoms with Gasteiger partial charge in [-0.3, -0.25) is 4.79 Å². The van der Waals surface area contributed by atoms with Gasteiger partial charge in [-0.2, -0.15) is 0 Å². The highest BCUT2D eigenvalue weighted by atomic mass is 16.5. The van der Waals surface area contributed by atoms with E-state index in [2.05, 4.69) is 10.5 Å². The van der Waals surface area contributed by atoms with Crippen molar-refractivity contribution >= 4 is 5.91 Å². The molecule has 0 saturated heterocycles. The number of aryl methyl sites for hydroxylation is 2. The summed E-state index contributed by atoms with van der Waals surface area (Å²) in [6, 6.07) is 9.85. The van der Waals surface area contributed by atoms with Crippen molar-refractivity contribution in [2.24, 2.45) is 0 Å². The summed E-state index contributed by atoms with van der Waals surface area (Å²) in [6.07, 6.45) is 0.253. The summed E-state index contributed by atoms with van der Waals surface area (Å²) in [4.78, 5) is 11.7. The molecule has 0 unspecified atom stereocenters. The zero-order valence-electron chi connectivity index (χ0n) is 10.6. The summed E-state index contributed by atoms with van der Waals surface area (Å²) < 4.78 is 4.91. The number of aromatic nitrogens is 1. The number of benzene rings is 1. The lowest BCUT2D eigenvalue weighted by molar-refractivity contribution is -0.120. The third kappa shape index (κ3) is 3.45. The van der Waals surface area contributed by atoms with Crippen molar-refractivity contribution in [3.63, 3.8) is 0 Å². The summed E-state index contributed by atoms with van der Waals surface area (Å²) in [5.74, 6) is 0.667. The molecule has 0 aliphatic heterocycles. The molecule has 94 valence electrons. The molecule has 0 radical (unpaired) electrons. The first-order chi connectivity index (χ1) is 8.63. The van der Waals surface area contributed by atoms with E-state index in [4.69, 9.17) is 4.52 Å². The van der Waals surface area contributed by atoms with E-state index in [0.29, 0.717) is 12.2 Å². The lowest BCUT2D eigenvalue weighted by Gasteiger charge is -2.04. The molecule has 0 atom stereocenters. The van der Waals surface area contributed by atoms with Gasteiger partial charge in [-0.1, -0.05) is 35.0 Å². The molecule has 0 fully saturated rings. The minimum absolute atomic E-state index is 0.0520. The highest BCUT2D eigenvalue weighted by molar-refractivity contribution is 5.78. The number of carbonyl (C=O) groups is 1. The number of nitrogens with one attached hydrogen (secondary N) is 1. The van der Waals surface area contributed by atoms with Crippen molar-refractivity contribution in [2.45, 2.75) is 26.8 Å². The molecule has 1 aromatic carbocycles. The Kier molecular flexibility index (Phi) is 3.77. The number of carbonyl (C=O) groups excluding carboxylic acids is 1. The van der Waals surface area contributed by atoms with Gasteiger partial charge in [-0.05, 0) is 19.4 Å². The SMILES string of the molecule is Cc1ccc(CNC(=O)Cc2cc(C)on2)cc1. The van der Waals surface area contributed by atoms with Crippen LogP contribution in [0.15, 0.2) is 34.9 Å². The average Bonchev–Trinajstić information content (AvgIpc) is 2.74. The second-order valence-electron chi connectivity index (χ2n) is 4.37.